The fourth-order valence-corrected chi connectivity index (χ4v) is 4.38. The summed E-state index contributed by atoms with van der Waals surface area (Å²) in [4.78, 5) is 29.4. The first kappa shape index (κ1) is 22.1. The first-order chi connectivity index (χ1) is 14.1. The standard InChI is InChI=1S/C23H27N3O3.ClH/c1-2-29-21-11-7-6-10-20(21)26-13-17(12-22(26)27)23(28)25-14-18(19(24)15-25)16-8-4-3-5-9-16;/h3-11,17-19H,2,12-15,24H2,1H3;1H/t17?,18-,19+;/m0./s1. The van der Waals surface area contributed by atoms with Gasteiger partial charge in [-0.05, 0) is 24.6 Å². The molecule has 0 aromatic heterocycles. The molecule has 6 nitrogen and oxygen atoms in total. The molecule has 4 rings (SSSR count). The highest BCUT2D eigenvalue weighted by molar-refractivity contribution is 6.01. The number of amides is 2. The van der Waals surface area contributed by atoms with Gasteiger partial charge in [0.1, 0.15) is 5.75 Å². The number of hydrogen-bond donors (Lipinski definition) is 1. The Bertz CT molecular complexity index is 892. The normalized spacial score (nSPS) is 23.4. The minimum Gasteiger partial charge on any atom is -0.492 e. The number of benzene rings is 2. The largest absolute Gasteiger partial charge is 0.492 e. The van der Waals surface area contributed by atoms with Crippen LogP contribution in [0.3, 0.4) is 0 Å². The van der Waals surface area contributed by atoms with Crippen LogP contribution < -0.4 is 15.4 Å². The molecule has 2 amide bonds. The highest BCUT2D eigenvalue weighted by atomic mass is 35.5. The van der Waals surface area contributed by atoms with E-state index in [-0.39, 0.29) is 48.5 Å². The predicted octanol–water partition coefficient (Wildman–Crippen LogP) is 2.81. The summed E-state index contributed by atoms with van der Waals surface area (Å²) in [5.74, 6) is 0.428. The van der Waals surface area contributed by atoms with Gasteiger partial charge >= 0.3 is 0 Å². The summed E-state index contributed by atoms with van der Waals surface area (Å²) < 4.78 is 5.66. The second kappa shape index (κ2) is 9.49. The van der Waals surface area contributed by atoms with Gasteiger partial charge in [0, 0.05) is 38.0 Å². The zero-order valence-corrected chi connectivity index (χ0v) is 17.9. The molecule has 0 radical (unpaired) electrons. The molecule has 0 spiro atoms. The van der Waals surface area contributed by atoms with E-state index in [1.165, 1.54) is 0 Å². The van der Waals surface area contributed by atoms with E-state index in [1.54, 1.807) is 4.90 Å². The molecule has 2 fully saturated rings. The van der Waals surface area contributed by atoms with Gasteiger partial charge in [-0.25, -0.2) is 0 Å². The van der Waals surface area contributed by atoms with E-state index in [0.717, 1.165) is 11.3 Å². The average molecular weight is 430 g/mol. The Morgan fingerprint density at radius 3 is 2.50 bits per heavy atom. The molecule has 7 heteroatoms. The third-order valence-electron chi connectivity index (χ3n) is 5.83. The van der Waals surface area contributed by atoms with Crippen molar-refractivity contribution >= 4 is 29.9 Å². The number of nitrogens with zero attached hydrogens (tertiary/aromatic N) is 2. The number of nitrogens with two attached hydrogens (primary N) is 1. The molecule has 0 bridgehead atoms. The second-order valence-corrected chi connectivity index (χ2v) is 7.73. The fraction of sp³-hybridized carbons (Fsp3) is 0.391. The minimum atomic E-state index is -0.348. The van der Waals surface area contributed by atoms with Gasteiger partial charge in [0.25, 0.3) is 0 Å². The number of likely N-dealkylation sites (tertiary alicyclic amines) is 1. The van der Waals surface area contributed by atoms with Gasteiger partial charge in [0.15, 0.2) is 0 Å². The van der Waals surface area contributed by atoms with Crippen LogP contribution in [0, 0.1) is 5.92 Å². The summed E-state index contributed by atoms with van der Waals surface area (Å²) in [7, 11) is 0. The van der Waals surface area contributed by atoms with Crippen molar-refractivity contribution in [3.8, 4) is 5.75 Å². The third-order valence-corrected chi connectivity index (χ3v) is 5.83. The lowest BCUT2D eigenvalue weighted by Gasteiger charge is -2.22. The number of ether oxygens (including phenoxy) is 1. The van der Waals surface area contributed by atoms with Gasteiger partial charge in [0.05, 0.1) is 18.2 Å². The summed E-state index contributed by atoms with van der Waals surface area (Å²) >= 11 is 0. The molecule has 2 aromatic rings. The number of para-hydroxylation sites is 2. The molecule has 2 aliphatic heterocycles. The van der Waals surface area contributed by atoms with Crippen LogP contribution >= 0.6 is 12.4 Å². The molecule has 3 atom stereocenters. The number of rotatable bonds is 5. The molecule has 0 aliphatic carbocycles. The Morgan fingerprint density at radius 2 is 1.77 bits per heavy atom. The van der Waals surface area contributed by atoms with Crippen molar-refractivity contribution in [2.75, 3.05) is 31.1 Å². The molecular weight excluding hydrogens is 402 g/mol. The quantitative estimate of drug-likeness (QED) is 0.792. The maximum Gasteiger partial charge on any atom is 0.228 e. The lowest BCUT2D eigenvalue weighted by molar-refractivity contribution is -0.134. The van der Waals surface area contributed by atoms with E-state index in [9.17, 15) is 9.59 Å². The van der Waals surface area contributed by atoms with E-state index < -0.39 is 0 Å². The highest BCUT2D eigenvalue weighted by Gasteiger charge is 2.41. The Balaban J connectivity index is 0.00000256. The van der Waals surface area contributed by atoms with Crippen molar-refractivity contribution < 1.29 is 14.3 Å². The fourth-order valence-electron chi connectivity index (χ4n) is 4.38. The van der Waals surface area contributed by atoms with Gasteiger partial charge in [-0.2, -0.15) is 0 Å². The summed E-state index contributed by atoms with van der Waals surface area (Å²) in [6, 6.07) is 17.5. The minimum absolute atomic E-state index is 0. The molecule has 2 heterocycles. The maximum absolute atomic E-state index is 13.2. The van der Waals surface area contributed by atoms with Crippen molar-refractivity contribution in [3.05, 3.63) is 60.2 Å². The van der Waals surface area contributed by atoms with Crippen molar-refractivity contribution in [2.45, 2.75) is 25.3 Å². The summed E-state index contributed by atoms with van der Waals surface area (Å²) in [6.07, 6.45) is 0.223. The van der Waals surface area contributed by atoms with E-state index >= 15 is 0 Å². The van der Waals surface area contributed by atoms with Crippen LogP contribution in [0.25, 0.3) is 0 Å². The van der Waals surface area contributed by atoms with Crippen molar-refractivity contribution in [1.29, 1.82) is 0 Å². The topological polar surface area (TPSA) is 75.9 Å². The van der Waals surface area contributed by atoms with Crippen LogP contribution in [0.15, 0.2) is 54.6 Å². The average Bonchev–Trinajstić information content (AvgIpc) is 3.32. The van der Waals surface area contributed by atoms with Crippen LogP contribution in [-0.2, 0) is 9.59 Å². The molecule has 1 unspecified atom stereocenters. The van der Waals surface area contributed by atoms with Gasteiger partial charge in [-0.15, -0.1) is 12.4 Å². The van der Waals surface area contributed by atoms with E-state index in [2.05, 4.69) is 12.1 Å². The molecule has 2 aliphatic rings. The SMILES string of the molecule is CCOc1ccccc1N1CC(C(=O)N2C[C@@H](N)[C@H](c3ccccc3)C2)CC1=O.Cl. The Kier molecular flexibility index (Phi) is 7.00. The lowest BCUT2D eigenvalue weighted by atomic mass is 9.95. The van der Waals surface area contributed by atoms with Crippen LogP contribution in [-0.4, -0.2) is 49.0 Å². The lowest BCUT2D eigenvalue weighted by Crippen LogP contribution is -2.37. The van der Waals surface area contributed by atoms with E-state index in [0.29, 0.717) is 32.0 Å². The van der Waals surface area contributed by atoms with Gasteiger partial charge in [0.2, 0.25) is 11.8 Å². The number of carbonyl (C=O) groups excluding carboxylic acids is 2. The van der Waals surface area contributed by atoms with Crippen molar-refractivity contribution in [2.24, 2.45) is 11.7 Å². The van der Waals surface area contributed by atoms with Crippen molar-refractivity contribution in [3.63, 3.8) is 0 Å². The Hall–Kier alpha value is -2.57. The second-order valence-electron chi connectivity index (χ2n) is 7.73. The van der Waals surface area contributed by atoms with Crippen LogP contribution in [0.2, 0.25) is 0 Å². The summed E-state index contributed by atoms with van der Waals surface area (Å²) in [6.45, 7) is 3.94. The number of hydrogen-bond acceptors (Lipinski definition) is 4. The number of carbonyl (C=O) groups is 2. The van der Waals surface area contributed by atoms with E-state index in [4.69, 9.17) is 10.5 Å². The van der Waals surface area contributed by atoms with Crippen LogP contribution in [0.1, 0.15) is 24.8 Å². The van der Waals surface area contributed by atoms with Gasteiger partial charge in [-0.3, -0.25) is 9.59 Å². The maximum atomic E-state index is 13.2. The first-order valence-corrected chi connectivity index (χ1v) is 10.2. The third kappa shape index (κ3) is 4.30. The molecular formula is C23H28ClN3O3. The molecule has 2 saturated heterocycles. The zero-order valence-electron chi connectivity index (χ0n) is 17.1. The summed E-state index contributed by atoms with van der Waals surface area (Å²) in [5, 5.41) is 0. The van der Waals surface area contributed by atoms with E-state index in [1.807, 2.05) is 54.3 Å². The molecule has 2 N–H and O–H groups in total. The monoisotopic (exact) mass is 429 g/mol. The number of anilines is 1. The Morgan fingerprint density at radius 1 is 1.07 bits per heavy atom. The van der Waals surface area contributed by atoms with Gasteiger partial charge < -0.3 is 20.3 Å². The molecule has 160 valence electrons. The predicted molar refractivity (Wildman–Crippen MR) is 119 cm³/mol. The first-order valence-electron chi connectivity index (χ1n) is 10.2. The van der Waals surface area contributed by atoms with Gasteiger partial charge in [-0.1, -0.05) is 42.5 Å². The summed E-state index contributed by atoms with van der Waals surface area (Å²) in [5.41, 5.74) is 8.24. The van der Waals surface area contributed by atoms with Crippen LogP contribution in [0.5, 0.6) is 5.75 Å². The molecule has 2 aromatic carbocycles. The van der Waals surface area contributed by atoms with Crippen LogP contribution in [0.4, 0.5) is 5.69 Å². The van der Waals surface area contributed by atoms with Crippen molar-refractivity contribution in [1.82, 2.24) is 4.90 Å². The molecule has 30 heavy (non-hydrogen) atoms. The smallest absolute Gasteiger partial charge is 0.228 e. The Labute approximate surface area is 183 Å². The molecule has 0 saturated carbocycles. The number of halogens is 1. The highest BCUT2D eigenvalue weighted by Crippen LogP contribution is 2.35. The zero-order chi connectivity index (χ0) is 20.4.